The Kier molecular flexibility index (Phi) is 5.91. The molecule has 1 aliphatic rings. The molecule has 1 unspecified atom stereocenters. The van der Waals surface area contributed by atoms with Gasteiger partial charge in [0.1, 0.15) is 0 Å². The highest BCUT2D eigenvalue weighted by atomic mass is 16.5. The van der Waals surface area contributed by atoms with E-state index in [-0.39, 0.29) is 6.04 Å². The lowest BCUT2D eigenvalue weighted by Crippen LogP contribution is -2.26. The molecule has 1 aromatic rings. The number of nitrogens with one attached hydrogen (secondary N) is 1. The van der Waals surface area contributed by atoms with E-state index < -0.39 is 0 Å². The van der Waals surface area contributed by atoms with Gasteiger partial charge in [-0.25, -0.2) is 4.68 Å². The van der Waals surface area contributed by atoms with Gasteiger partial charge in [-0.1, -0.05) is 13.8 Å². The van der Waals surface area contributed by atoms with Crippen LogP contribution in [0.4, 0.5) is 0 Å². The third-order valence-corrected chi connectivity index (χ3v) is 3.49. The van der Waals surface area contributed by atoms with E-state index in [1.165, 1.54) is 12.8 Å². The van der Waals surface area contributed by atoms with E-state index in [1.807, 2.05) is 4.68 Å². The Morgan fingerprint density at radius 3 is 2.85 bits per heavy atom. The normalized spacial score (nSPS) is 16.8. The fourth-order valence-corrected chi connectivity index (χ4v) is 2.04. The molecule has 2 rings (SSSR count). The number of ether oxygens (including phenoxy) is 1. The monoisotopic (exact) mass is 281 g/mol. The van der Waals surface area contributed by atoms with E-state index >= 15 is 0 Å². The molecular formula is C14H27N5O. The van der Waals surface area contributed by atoms with Gasteiger partial charge in [0, 0.05) is 19.8 Å². The summed E-state index contributed by atoms with van der Waals surface area (Å²) in [5.41, 5.74) is 0. The molecule has 6 nitrogen and oxygen atoms in total. The average Bonchev–Trinajstić information content (AvgIpc) is 3.12. The Bertz CT molecular complexity index is 389. The van der Waals surface area contributed by atoms with Crippen LogP contribution in [0.1, 0.15) is 51.9 Å². The first kappa shape index (κ1) is 15.4. The lowest BCUT2D eigenvalue weighted by Gasteiger charge is -2.15. The first-order valence-electron chi connectivity index (χ1n) is 7.74. The molecule has 114 valence electrons. The second-order valence-electron chi connectivity index (χ2n) is 6.16. The van der Waals surface area contributed by atoms with Gasteiger partial charge in [0.2, 0.25) is 0 Å². The summed E-state index contributed by atoms with van der Waals surface area (Å²) in [7, 11) is 0. The third-order valence-electron chi connectivity index (χ3n) is 3.49. The van der Waals surface area contributed by atoms with Gasteiger partial charge < -0.3 is 10.1 Å². The maximum absolute atomic E-state index is 5.64. The van der Waals surface area contributed by atoms with Crippen LogP contribution in [0.2, 0.25) is 0 Å². The number of tetrazole rings is 1. The van der Waals surface area contributed by atoms with E-state index in [4.69, 9.17) is 4.74 Å². The quantitative estimate of drug-likeness (QED) is 0.662. The molecule has 0 bridgehead atoms. The van der Waals surface area contributed by atoms with Gasteiger partial charge in [-0.3, -0.25) is 0 Å². The van der Waals surface area contributed by atoms with Gasteiger partial charge in [0.05, 0.1) is 6.04 Å². The zero-order valence-electron chi connectivity index (χ0n) is 12.9. The maximum Gasteiger partial charge on any atom is 0.167 e. The highest BCUT2D eigenvalue weighted by Gasteiger charge is 2.21. The summed E-state index contributed by atoms with van der Waals surface area (Å²) in [6.07, 6.45) is 3.65. The topological polar surface area (TPSA) is 64.9 Å². The van der Waals surface area contributed by atoms with Crippen molar-refractivity contribution in [1.82, 2.24) is 25.5 Å². The number of nitrogens with zero attached hydrogens (tertiary/aromatic N) is 4. The molecule has 0 aromatic carbocycles. The molecule has 6 heteroatoms. The lowest BCUT2D eigenvalue weighted by molar-refractivity contribution is 0.118. The van der Waals surface area contributed by atoms with Gasteiger partial charge in [-0.15, -0.1) is 5.10 Å². The summed E-state index contributed by atoms with van der Waals surface area (Å²) in [6.45, 7) is 10.0. The van der Waals surface area contributed by atoms with Crippen molar-refractivity contribution in [3.63, 3.8) is 0 Å². The van der Waals surface area contributed by atoms with Crippen LogP contribution in [0, 0.1) is 11.8 Å². The van der Waals surface area contributed by atoms with Crippen molar-refractivity contribution in [3.8, 4) is 0 Å². The largest absolute Gasteiger partial charge is 0.381 e. The van der Waals surface area contributed by atoms with E-state index in [9.17, 15) is 0 Å². The van der Waals surface area contributed by atoms with Crippen molar-refractivity contribution in [2.75, 3.05) is 19.8 Å². The van der Waals surface area contributed by atoms with Crippen molar-refractivity contribution in [1.29, 1.82) is 0 Å². The molecule has 1 aromatic heterocycles. The predicted octanol–water partition coefficient (Wildman–Crippen LogP) is 1.80. The number of aromatic nitrogens is 4. The summed E-state index contributed by atoms with van der Waals surface area (Å²) in [4.78, 5) is 0. The van der Waals surface area contributed by atoms with Crippen LogP contribution < -0.4 is 5.32 Å². The second-order valence-corrected chi connectivity index (χ2v) is 6.16. The van der Waals surface area contributed by atoms with Crippen molar-refractivity contribution < 1.29 is 4.74 Å². The Morgan fingerprint density at radius 2 is 2.15 bits per heavy atom. The zero-order valence-corrected chi connectivity index (χ0v) is 12.9. The molecule has 1 saturated carbocycles. The Hall–Kier alpha value is -1.01. The lowest BCUT2D eigenvalue weighted by atomic mass is 10.2. The van der Waals surface area contributed by atoms with E-state index in [1.54, 1.807) is 0 Å². The second kappa shape index (κ2) is 7.69. The number of rotatable bonds is 10. The average molecular weight is 281 g/mol. The van der Waals surface area contributed by atoms with Gasteiger partial charge in [0.25, 0.3) is 0 Å². The van der Waals surface area contributed by atoms with Crippen molar-refractivity contribution in [3.05, 3.63) is 5.82 Å². The highest BCUT2D eigenvalue weighted by molar-refractivity contribution is 4.89. The van der Waals surface area contributed by atoms with Crippen LogP contribution >= 0.6 is 0 Å². The molecule has 1 heterocycles. The molecule has 0 aliphatic heterocycles. The van der Waals surface area contributed by atoms with E-state index in [0.29, 0.717) is 5.92 Å². The zero-order chi connectivity index (χ0) is 14.4. The van der Waals surface area contributed by atoms with Gasteiger partial charge in [-0.05, 0) is 55.0 Å². The van der Waals surface area contributed by atoms with Crippen LogP contribution in [0.3, 0.4) is 0 Å². The third kappa shape index (κ3) is 5.17. The predicted molar refractivity (Wildman–Crippen MR) is 77.2 cm³/mol. The summed E-state index contributed by atoms with van der Waals surface area (Å²) in [5, 5.41) is 15.4. The molecule has 0 radical (unpaired) electrons. The molecule has 0 amide bonds. The standard InChI is InChI=1S/C14H27N5O/c1-11(2)9-15-12(3)14-16-17-18-19(14)7-4-8-20-10-13-5-6-13/h11-13,15H,4-10H2,1-3H3. The Labute approximate surface area is 121 Å². The van der Waals surface area contributed by atoms with E-state index in [2.05, 4.69) is 41.6 Å². The van der Waals surface area contributed by atoms with Crippen LogP contribution in [-0.4, -0.2) is 40.0 Å². The number of hydrogen-bond acceptors (Lipinski definition) is 5. The minimum Gasteiger partial charge on any atom is -0.381 e. The summed E-state index contributed by atoms with van der Waals surface area (Å²) in [6, 6.07) is 0.180. The van der Waals surface area contributed by atoms with Crippen molar-refractivity contribution in [2.24, 2.45) is 11.8 Å². The minimum absolute atomic E-state index is 0.180. The summed E-state index contributed by atoms with van der Waals surface area (Å²) >= 11 is 0. The molecule has 0 spiro atoms. The van der Waals surface area contributed by atoms with E-state index in [0.717, 1.165) is 44.5 Å². The Balaban J connectivity index is 1.69. The minimum atomic E-state index is 0.180. The molecule has 1 aliphatic carbocycles. The highest BCUT2D eigenvalue weighted by Crippen LogP contribution is 2.28. The molecule has 1 N–H and O–H groups in total. The van der Waals surface area contributed by atoms with Gasteiger partial charge in [0.15, 0.2) is 5.82 Å². The maximum atomic E-state index is 5.64. The molecular weight excluding hydrogens is 254 g/mol. The Morgan fingerprint density at radius 1 is 1.35 bits per heavy atom. The molecule has 1 fully saturated rings. The summed E-state index contributed by atoms with van der Waals surface area (Å²) < 4.78 is 7.52. The first-order valence-corrected chi connectivity index (χ1v) is 7.74. The van der Waals surface area contributed by atoms with Crippen LogP contribution in [0.25, 0.3) is 0 Å². The number of hydrogen-bond donors (Lipinski definition) is 1. The smallest absolute Gasteiger partial charge is 0.167 e. The van der Waals surface area contributed by atoms with Gasteiger partial charge in [-0.2, -0.15) is 0 Å². The number of aryl methyl sites for hydroxylation is 1. The van der Waals surface area contributed by atoms with Crippen LogP contribution in [0.5, 0.6) is 0 Å². The van der Waals surface area contributed by atoms with Crippen molar-refractivity contribution >= 4 is 0 Å². The van der Waals surface area contributed by atoms with Gasteiger partial charge >= 0.3 is 0 Å². The van der Waals surface area contributed by atoms with Crippen LogP contribution in [-0.2, 0) is 11.3 Å². The fraction of sp³-hybridized carbons (Fsp3) is 0.929. The molecule has 0 saturated heterocycles. The molecule has 1 atom stereocenters. The first-order chi connectivity index (χ1) is 9.66. The van der Waals surface area contributed by atoms with Crippen molar-refractivity contribution in [2.45, 2.75) is 52.6 Å². The SMILES string of the molecule is CC(C)CNC(C)c1nnnn1CCCOCC1CC1. The fourth-order valence-electron chi connectivity index (χ4n) is 2.04. The summed E-state index contributed by atoms with van der Waals surface area (Å²) in [5.74, 6) is 2.37. The molecule has 20 heavy (non-hydrogen) atoms. The van der Waals surface area contributed by atoms with Crippen LogP contribution in [0.15, 0.2) is 0 Å².